The van der Waals surface area contributed by atoms with Crippen LogP contribution in [-0.2, 0) is 0 Å². The maximum absolute atomic E-state index is 12.2. The maximum atomic E-state index is 12.2. The molecule has 0 aliphatic rings. The molecule has 0 unspecified atom stereocenters. The number of anilines is 1. The Bertz CT molecular complexity index is 602. The maximum Gasteiger partial charge on any atom is 0.257 e. The fourth-order valence-corrected chi connectivity index (χ4v) is 2.30. The second kappa shape index (κ2) is 8.33. The van der Waals surface area contributed by atoms with Gasteiger partial charge in [0.25, 0.3) is 5.91 Å². The summed E-state index contributed by atoms with van der Waals surface area (Å²) in [7, 11) is 1.51. The fraction of sp³-hybridized carbons (Fsp3) is 0.400. The quantitative estimate of drug-likeness (QED) is 0.755. The molecule has 2 rings (SSSR count). The monoisotopic (exact) mass is 321 g/mol. The second-order valence-corrected chi connectivity index (χ2v) is 5.48. The van der Waals surface area contributed by atoms with Crippen molar-refractivity contribution >= 4 is 22.4 Å². The number of amides is 1. The number of thiazole rings is 1. The van der Waals surface area contributed by atoms with Gasteiger partial charge >= 0.3 is 0 Å². The number of hydrogen-bond acceptors (Lipinski definition) is 6. The number of nitrogens with one attached hydrogen (secondary N) is 1. The van der Waals surface area contributed by atoms with E-state index in [1.54, 1.807) is 23.7 Å². The minimum Gasteiger partial charge on any atom is -0.481 e. The van der Waals surface area contributed by atoms with Crippen LogP contribution in [0.4, 0.5) is 5.13 Å². The number of aromatic nitrogens is 2. The van der Waals surface area contributed by atoms with Gasteiger partial charge in [-0.15, -0.1) is 11.3 Å². The SMILES string of the molecule is CCCCCOc1cc(C(=O)Nc2nccs2)cc(OC)n1. The van der Waals surface area contributed by atoms with E-state index in [2.05, 4.69) is 22.2 Å². The number of unbranched alkanes of at least 4 members (excludes halogenated alkanes) is 2. The molecule has 0 bridgehead atoms. The van der Waals surface area contributed by atoms with Crippen molar-refractivity contribution in [3.63, 3.8) is 0 Å². The summed E-state index contributed by atoms with van der Waals surface area (Å²) >= 11 is 1.36. The summed E-state index contributed by atoms with van der Waals surface area (Å²) in [6.45, 7) is 2.70. The zero-order valence-corrected chi connectivity index (χ0v) is 13.5. The van der Waals surface area contributed by atoms with Gasteiger partial charge in [0.2, 0.25) is 11.8 Å². The van der Waals surface area contributed by atoms with Crippen LogP contribution in [0.25, 0.3) is 0 Å². The van der Waals surface area contributed by atoms with E-state index in [0.29, 0.717) is 29.1 Å². The van der Waals surface area contributed by atoms with Crippen LogP contribution in [0.1, 0.15) is 36.5 Å². The summed E-state index contributed by atoms with van der Waals surface area (Å²) in [6.07, 6.45) is 4.81. The van der Waals surface area contributed by atoms with Gasteiger partial charge in [-0.25, -0.2) is 4.98 Å². The number of hydrogen-bond donors (Lipinski definition) is 1. The Hall–Kier alpha value is -2.15. The predicted octanol–water partition coefficient (Wildman–Crippen LogP) is 3.37. The molecule has 0 radical (unpaired) electrons. The highest BCUT2D eigenvalue weighted by molar-refractivity contribution is 7.13. The molecule has 0 saturated heterocycles. The van der Waals surface area contributed by atoms with E-state index in [1.807, 2.05) is 0 Å². The van der Waals surface area contributed by atoms with Gasteiger partial charge in [-0.1, -0.05) is 19.8 Å². The van der Waals surface area contributed by atoms with Gasteiger partial charge < -0.3 is 9.47 Å². The van der Waals surface area contributed by atoms with Crippen LogP contribution in [0.2, 0.25) is 0 Å². The van der Waals surface area contributed by atoms with Crippen LogP contribution in [0.3, 0.4) is 0 Å². The van der Waals surface area contributed by atoms with Crippen LogP contribution in [0.5, 0.6) is 11.8 Å². The van der Waals surface area contributed by atoms with Crippen LogP contribution in [-0.4, -0.2) is 29.6 Å². The van der Waals surface area contributed by atoms with Gasteiger partial charge in [0.1, 0.15) is 0 Å². The first-order chi connectivity index (χ1) is 10.7. The van der Waals surface area contributed by atoms with E-state index in [-0.39, 0.29) is 5.91 Å². The average Bonchev–Trinajstić information content (AvgIpc) is 3.04. The predicted molar refractivity (Wildman–Crippen MR) is 85.9 cm³/mol. The first-order valence-electron chi connectivity index (χ1n) is 7.12. The molecule has 118 valence electrons. The van der Waals surface area contributed by atoms with Crippen molar-refractivity contribution in [3.8, 4) is 11.8 Å². The number of rotatable bonds is 8. The number of nitrogens with zero attached hydrogens (tertiary/aromatic N) is 2. The Kier molecular flexibility index (Phi) is 6.14. The Morgan fingerprint density at radius 3 is 2.82 bits per heavy atom. The molecule has 0 spiro atoms. The zero-order valence-electron chi connectivity index (χ0n) is 12.7. The van der Waals surface area contributed by atoms with Crippen molar-refractivity contribution < 1.29 is 14.3 Å². The Labute approximate surface area is 133 Å². The minimum atomic E-state index is -0.269. The molecule has 1 N–H and O–H groups in total. The fourth-order valence-electron chi connectivity index (χ4n) is 1.77. The highest BCUT2D eigenvalue weighted by Gasteiger charge is 2.12. The van der Waals surface area contributed by atoms with E-state index in [0.717, 1.165) is 19.3 Å². The van der Waals surface area contributed by atoms with Gasteiger partial charge in [-0.3, -0.25) is 10.1 Å². The molecule has 0 fully saturated rings. The van der Waals surface area contributed by atoms with Crippen molar-refractivity contribution in [1.82, 2.24) is 9.97 Å². The number of ether oxygens (including phenoxy) is 2. The van der Waals surface area contributed by atoms with E-state index < -0.39 is 0 Å². The molecule has 0 aliphatic carbocycles. The van der Waals surface area contributed by atoms with Gasteiger partial charge in [-0.2, -0.15) is 4.98 Å². The summed E-state index contributed by atoms with van der Waals surface area (Å²) in [5, 5.41) is 5.07. The number of pyridine rings is 1. The molecule has 0 aliphatic heterocycles. The van der Waals surface area contributed by atoms with Crippen molar-refractivity contribution in [2.45, 2.75) is 26.2 Å². The molecule has 1 amide bonds. The number of methoxy groups -OCH3 is 1. The van der Waals surface area contributed by atoms with Crippen molar-refractivity contribution in [1.29, 1.82) is 0 Å². The van der Waals surface area contributed by atoms with Crippen molar-refractivity contribution in [2.24, 2.45) is 0 Å². The van der Waals surface area contributed by atoms with Crippen molar-refractivity contribution in [2.75, 3.05) is 19.0 Å². The third kappa shape index (κ3) is 4.70. The molecule has 2 aromatic heterocycles. The van der Waals surface area contributed by atoms with Gasteiger partial charge in [0.05, 0.1) is 19.3 Å². The van der Waals surface area contributed by atoms with E-state index in [9.17, 15) is 4.79 Å². The van der Waals surface area contributed by atoms with Crippen molar-refractivity contribution in [3.05, 3.63) is 29.3 Å². The highest BCUT2D eigenvalue weighted by Crippen LogP contribution is 2.20. The van der Waals surface area contributed by atoms with Crippen LogP contribution < -0.4 is 14.8 Å². The van der Waals surface area contributed by atoms with E-state index >= 15 is 0 Å². The van der Waals surface area contributed by atoms with Crippen LogP contribution in [0.15, 0.2) is 23.7 Å². The number of carbonyl (C=O) groups excluding carboxylic acids is 1. The molecular weight excluding hydrogens is 302 g/mol. The van der Waals surface area contributed by atoms with E-state index in [4.69, 9.17) is 9.47 Å². The molecule has 2 aromatic rings. The molecule has 22 heavy (non-hydrogen) atoms. The summed E-state index contributed by atoms with van der Waals surface area (Å²) in [6, 6.07) is 3.18. The van der Waals surface area contributed by atoms with Gasteiger partial charge in [0, 0.05) is 23.7 Å². The molecule has 0 aromatic carbocycles. The highest BCUT2D eigenvalue weighted by atomic mass is 32.1. The Balaban J connectivity index is 2.07. The van der Waals surface area contributed by atoms with Gasteiger partial charge in [0.15, 0.2) is 5.13 Å². The largest absolute Gasteiger partial charge is 0.481 e. The topological polar surface area (TPSA) is 73.3 Å². The lowest BCUT2D eigenvalue weighted by atomic mass is 10.2. The lowest BCUT2D eigenvalue weighted by molar-refractivity contribution is 0.102. The normalized spacial score (nSPS) is 10.3. The lowest BCUT2D eigenvalue weighted by Crippen LogP contribution is -2.12. The molecular formula is C15H19N3O3S. The molecule has 6 nitrogen and oxygen atoms in total. The summed E-state index contributed by atoms with van der Waals surface area (Å²) in [5.74, 6) is 0.464. The number of carbonyl (C=O) groups is 1. The summed E-state index contributed by atoms with van der Waals surface area (Å²) < 4.78 is 10.7. The third-order valence-electron chi connectivity index (χ3n) is 2.90. The molecule has 7 heteroatoms. The van der Waals surface area contributed by atoms with Crippen LogP contribution in [0, 0.1) is 0 Å². The first kappa shape index (κ1) is 16.2. The van der Waals surface area contributed by atoms with Crippen LogP contribution >= 0.6 is 11.3 Å². The minimum absolute atomic E-state index is 0.269. The standard InChI is InChI=1S/C15H19N3O3S/c1-3-4-5-7-21-13-10-11(9-12(17-13)20-2)14(19)18-15-16-6-8-22-15/h6,8-10H,3-5,7H2,1-2H3,(H,16,18,19). The van der Waals surface area contributed by atoms with E-state index in [1.165, 1.54) is 18.4 Å². The Morgan fingerprint density at radius 1 is 1.32 bits per heavy atom. The molecule has 0 atom stereocenters. The summed E-state index contributed by atoms with van der Waals surface area (Å²) in [4.78, 5) is 20.4. The van der Waals surface area contributed by atoms with Gasteiger partial charge in [-0.05, 0) is 6.42 Å². The smallest absolute Gasteiger partial charge is 0.257 e. The average molecular weight is 321 g/mol. The molecule has 0 saturated carbocycles. The lowest BCUT2D eigenvalue weighted by Gasteiger charge is -2.09. The second-order valence-electron chi connectivity index (χ2n) is 4.58. The molecule has 2 heterocycles. The zero-order chi connectivity index (χ0) is 15.8. The Morgan fingerprint density at radius 2 is 2.14 bits per heavy atom. The summed E-state index contributed by atoms with van der Waals surface area (Å²) in [5.41, 5.74) is 0.424. The first-order valence-corrected chi connectivity index (χ1v) is 8.00. The third-order valence-corrected chi connectivity index (χ3v) is 3.59.